The number of nitrogens with one attached hydrogen (secondary N) is 2. The number of carbonyl (C=O) groups is 1. The van der Waals surface area contributed by atoms with Crippen LogP contribution in [0, 0.1) is 0 Å². The SMILES string of the molecule is CC1CN(C(=O)c2ccc(S(=O)(=O)Nc3ccc(Cl)cc3)cc2)CCN1.Cl. The van der Waals surface area contributed by atoms with E-state index in [1.54, 1.807) is 41.3 Å². The van der Waals surface area contributed by atoms with Crippen LogP contribution >= 0.6 is 24.0 Å². The number of carbonyl (C=O) groups excluding carboxylic acids is 1. The number of anilines is 1. The first-order chi connectivity index (χ1) is 12.3. The number of piperazine rings is 1. The van der Waals surface area contributed by atoms with Gasteiger partial charge >= 0.3 is 0 Å². The Balaban J connectivity index is 0.00000261. The number of sulfonamides is 1. The second-order valence-electron chi connectivity index (χ2n) is 6.24. The maximum atomic E-state index is 12.5. The van der Waals surface area contributed by atoms with Gasteiger partial charge in [-0.2, -0.15) is 0 Å². The summed E-state index contributed by atoms with van der Waals surface area (Å²) in [5.74, 6) is -0.0899. The van der Waals surface area contributed by atoms with Gasteiger partial charge in [-0.25, -0.2) is 8.42 Å². The van der Waals surface area contributed by atoms with E-state index >= 15 is 0 Å². The molecule has 9 heteroatoms. The molecular weight excluding hydrogens is 409 g/mol. The van der Waals surface area contributed by atoms with Crippen molar-refractivity contribution in [3.63, 3.8) is 0 Å². The van der Waals surface area contributed by atoms with E-state index in [1.165, 1.54) is 12.1 Å². The van der Waals surface area contributed by atoms with Crippen LogP contribution in [0.2, 0.25) is 5.02 Å². The highest BCUT2D eigenvalue weighted by Crippen LogP contribution is 2.19. The molecule has 1 aliphatic rings. The summed E-state index contributed by atoms with van der Waals surface area (Å²) in [5, 5.41) is 3.81. The van der Waals surface area contributed by atoms with E-state index in [9.17, 15) is 13.2 Å². The summed E-state index contributed by atoms with van der Waals surface area (Å²) >= 11 is 5.80. The van der Waals surface area contributed by atoms with Crippen molar-refractivity contribution in [2.45, 2.75) is 17.9 Å². The molecule has 2 aromatic rings. The number of benzene rings is 2. The van der Waals surface area contributed by atoms with Gasteiger partial charge in [-0.05, 0) is 55.5 Å². The monoisotopic (exact) mass is 429 g/mol. The zero-order valence-corrected chi connectivity index (χ0v) is 17.1. The molecule has 0 aromatic heterocycles. The van der Waals surface area contributed by atoms with Crippen molar-refractivity contribution >= 4 is 45.6 Å². The molecular formula is C18H21Cl2N3O3S. The van der Waals surface area contributed by atoms with Gasteiger partial charge in [0.2, 0.25) is 0 Å². The Kier molecular flexibility index (Phi) is 7.11. The standard InChI is InChI=1S/C18H20ClN3O3S.ClH/c1-13-12-22(11-10-20-13)18(23)14-2-8-17(9-3-14)26(24,25)21-16-6-4-15(19)5-7-16;/h2-9,13,20-21H,10-12H2,1H3;1H. The Morgan fingerprint density at radius 2 is 1.78 bits per heavy atom. The Morgan fingerprint density at radius 1 is 1.15 bits per heavy atom. The number of rotatable bonds is 4. The van der Waals surface area contributed by atoms with E-state index in [2.05, 4.69) is 10.0 Å². The van der Waals surface area contributed by atoms with Gasteiger partial charge in [-0.3, -0.25) is 9.52 Å². The minimum atomic E-state index is -3.73. The van der Waals surface area contributed by atoms with E-state index in [-0.39, 0.29) is 29.3 Å². The third-order valence-corrected chi connectivity index (χ3v) is 5.81. The summed E-state index contributed by atoms with van der Waals surface area (Å²) < 4.78 is 27.4. The quantitative estimate of drug-likeness (QED) is 0.782. The lowest BCUT2D eigenvalue weighted by Crippen LogP contribution is -2.51. The fourth-order valence-electron chi connectivity index (χ4n) is 2.81. The number of hydrogen-bond donors (Lipinski definition) is 2. The molecule has 0 aliphatic carbocycles. The maximum Gasteiger partial charge on any atom is 0.261 e. The maximum absolute atomic E-state index is 12.5. The number of halogens is 2. The summed E-state index contributed by atoms with van der Waals surface area (Å²) in [6.07, 6.45) is 0. The second kappa shape index (κ2) is 8.93. The molecule has 1 unspecified atom stereocenters. The number of hydrogen-bond acceptors (Lipinski definition) is 4. The fourth-order valence-corrected chi connectivity index (χ4v) is 3.99. The topological polar surface area (TPSA) is 78.5 Å². The molecule has 146 valence electrons. The van der Waals surface area contributed by atoms with Crippen molar-refractivity contribution in [2.75, 3.05) is 24.4 Å². The van der Waals surface area contributed by atoms with E-state index in [0.29, 0.717) is 29.4 Å². The van der Waals surface area contributed by atoms with Gasteiger partial charge in [0.25, 0.3) is 15.9 Å². The molecule has 3 rings (SSSR count). The normalized spacial score (nSPS) is 17.1. The molecule has 1 saturated heterocycles. The zero-order chi connectivity index (χ0) is 18.7. The molecule has 1 fully saturated rings. The van der Waals surface area contributed by atoms with Gasteiger partial charge in [-0.15, -0.1) is 12.4 Å². The van der Waals surface area contributed by atoms with E-state index in [1.807, 2.05) is 6.92 Å². The Bertz CT molecular complexity index is 887. The van der Waals surface area contributed by atoms with Gasteiger partial charge in [0.15, 0.2) is 0 Å². The largest absolute Gasteiger partial charge is 0.336 e. The van der Waals surface area contributed by atoms with Crippen molar-refractivity contribution in [1.29, 1.82) is 0 Å². The van der Waals surface area contributed by atoms with Crippen molar-refractivity contribution in [3.05, 3.63) is 59.1 Å². The molecule has 0 spiro atoms. The van der Waals surface area contributed by atoms with Crippen molar-refractivity contribution < 1.29 is 13.2 Å². The van der Waals surface area contributed by atoms with Gasteiger partial charge in [-0.1, -0.05) is 11.6 Å². The van der Waals surface area contributed by atoms with Crippen molar-refractivity contribution in [1.82, 2.24) is 10.2 Å². The number of amides is 1. The molecule has 1 aliphatic heterocycles. The molecule has 0 radical (unpaired) electrons. The van der Waals surface area contributed by atoms with Crippen LogP contribution in [0.1, 0.15) is 17.3 Å². The van der Waals surface area contributed by atoms with Crippen LogP contribution in [-0.2, 0) is 10.0 Å². The lowest BCUT2D eigenvalue weighted by Gasteiger charge is -2.32. The second-order valence-corrected chi connectivity index (χ2v) is 8.36. The minimum Gasteiger partial charge on any atom is -0.336 e. The summed E-state index contributed by atoms with van der Waals surface area (Å²) in [4.78, 5) is 14.4. The molecule has 27 heavy (non-hydrogen) atoms. The van der Waals surface area contributed by atoms with Gasteiger partial charge < -0.3 is 10.2 Å². The average Bonchev–Trinajstić information content (AvgIpc) is 2.63. The zero-order valence-electron chi connectivity index (χ0n) is 14.7. The first kappa shape index (κ1) is 21.5. The molecule has 1 amide bonds. The van der Waals surface area contributed by atoms with E-state index < -0.39 is 10.0 Å². The fraction of sp³-hybridized carbons (Fsp3) is 0.278. The van der Waals surface area contributed by atoms with Crippen LogP contribution < -0.4 is 10.0 Å². The lowest BCUT2D eigenvalue weighted by molar-refractivity contribution is 0.0709. The molecule has 2 N–H and O–H groups in total. The van der Waals surface area contributed by atoms with E-state index in [4.69, 9.17) is 11.6 Å². The molecule has 6 nitrogen and oxygen atoms in total. The highest BCUT2D eigenvalue weighted by molar-refractivity contribution is 7.92. The van der Waals surface area contributed by atoms with Gasteiger partial charge in [0, 0.05) is 41.9 Å². The Hall–Kier alpha value is -1.80. The summed E-state index contributed by atoms with van der Waals surface area (Å²) in [5.41, 5.74) is 0.897. The lowest BCUT2D eigenvalue weighted by atomic mass is 10.1. The van der Waals surface area contributed by atoms with Crippen LogP contribution in [0.25, 0.3) is 0 Å². The molecule has 1 heterocycles. The van der Waals surface area contributed by atoms with Crippen LogP contribution in [0.15, 0.2) is 53.4 Å². The van der Waals surface area contributed by atoms with Crippen molar-refractivity contribution in [2.24, 2.45) is 0 Å². The molecule has 0 saturated carbocycles. The third-order valence-electron chi connectivity index (χ3n) is 4.16. The Labute approximate surface area is 170 Å². The number of nitrogens with zero attached hydrogens (tertiary/aromatic N) is 1. The molecule has 2 aromatic carbocycles. The predicted molar refractivity (Wildman–Crippen MR) is 109 cm³/mol. The van der Waals surface area contributed by atoms with Gasteiger partial charge in [0.05, 0.1) is 4.90 Å². The van der Waals surface area contributed by atoms with Crippen molar-refractivity contribution in [3.8, 4) is 0 Å². The highest BCUT2D eigenvalue weighted by atomic mass is 35.5. The third kappa shape index (κ3) is 5.35. The first-order valence-electron chi connectivity index (χ1n) is 8.26. The first-order valence-corrected chi connectivity index (χ1v) is 10.1. The average molecular weight is 430 g/mol. The predicted octanol–water partition coefficient (Wildman–Crippen LogP) is 3.00. The summed E-state index contributed by atoms with van der Waals surface area (Å²) in [6, 6.07) is 12.6. The highest BCUT2D eigenvalue weighted by Gasteiger charge is 2.22. The van der Waals surface area contributed by atoms with Crippen LogP contribution in [0.4, 0.5) is 5.69 Å². The van der Waals surface area contributed by atoms with E-state index in [0.717, 1.165) is 6.54 Å². The smallest absolute Gasteiger partial charge is 0.261 e. The summed E-state index contributed by atoms with van der Waals surface area (Å²) in [7, 11) is -3.73. The van der Waals surface area contributed by atoms with Gasteiger partial charge in [0.1, 0.15) is 0 Å². The molecule has 1 atom stereocenters. The summed E-state index contributed by atoms with van der Waals surface area (Å²) in [6.45, 7) is 4.06. The Morgan fingerprint density at radius 3 is 2.37 bits per heavy atom. The minimum absolute atomic E-state index is 0. The van der Waals surface area contributed by atoms with Crippen LogP contribution in [0.5, 0.6) is 0 Å². The molecule has 0 bridgehead atoms. The van der Waals surface area contributed by atoms with Crippen LogP contribution in [-0.4, -0.2) is 44.9 Å². The van der Waals surface area contributed by atoms with Crippen LogP contribution in [0.3, 0.4) is 0 Å².